The van der Waals surface area contributed by atoms with Crippen LogP contribution in [0.4, 0.5) is 5.69 Å². The first kappa shape index (κ1) is 9.81. The lowest BCUT2D eigenvalue weighted by Gasteiger charge is -2.03. The second kappa shape index (κ2) is 4.10. The number of hydrogen-bond acceptors (Lipinski definition) is 1. The van der Waals surface area contributed by atoms with Crippen molar-refractivity contribution < 1.29 is 4.79 Å². The number of hydrogen-bond donors (Lipinski definition) is 1. The minimum Gasteiger partial charge on any atom is -0.322 e. The monoisotopic (exact) mass is 195 g/mol. The highest BCUT2D eigenvalue weighted by molar-refractivity contribution is 6.30. The van der Waals surface area contributed by atoms with E-state index in [2.05, 4.69) is 11.9 Å². The molecule has 0 bridgehead atoms. The van der Waals surface area contributed by atoms with Crippen LogP contribution in [0.15, 0.2) is 36.4 Å². The van der Waals surface area contributed by atoms with Crippen molar-refractivity contribution in [2.75, 3.05) is 5.32 Å². The van der Waals surface area contributed by atoms with E-state index in [-0.39, 0.29) is 5.91 Å². The summed E-state index contributed by atoms with van der Waals surface area (Å²) in [4.78, 5) is 11.2. The molecule has 0 saturated heterocycles. The van der Waals surface area contributed by atoms with Gasteiger partial charge in [-0.1, -0.05) is 24.2 Å². The molecule has 1 aromatic carbocycles. The number of anilines is 1. The van der Waals surface area contributed by atoms with Gasteiger partial charge in [0.05, 0.1) is 0 Å². The maximum absolute atomic E-state index is 11.2. The summed E-state index contributed by atoms with van der Waals surface area (Å²) in [6.45, 7) is 5.18. The molecule has 2 nitrogen and oxygen atoms in total. The van der Waals surface area contributed by atoms with E-state index in [1.54, 1.807) is 31.2 Å². The van der Waals surface area contributed by atoms with Crippen LogP contribution < -0.4 is 5.32 Å². The van der Waals surface area contributed by atoms with Crippen LogP contribution in [0.1, 0.15) is 6.92 Å². The fourth-order valence-corrected chi connectivity index (χ4v) is 0.994. The minimum absolute atomic E-state index is 0.192. The molecule has 3 heteroatoms. The van der Waals surface area contributed by atoms with Gasteiger partial charge in [-0.2, -0.15) is 0 Å². The highest BCUT2D eigenvalue weighted by Crippen LogP contribution is 2.15. The van der Waals surface area contributed by atoms with Gasteiger partial charge >= 0.3 is 0 Å². The van der Waals surface area contributed by atoms with E-state index in [0.29, 0.717) is 16.3 Å². The summed E-state index contributed by atoms with van der Waals surface area (Å²) in [6, 6.07) is 6.98. The molecule has 0 aliphatic heterocycles. The molecule has 1 rings (SSSR count). The molecule has 68 valence electrons. The first-order valence-corrected chi connectivity index (χ1v) is 4.20. The lowest BCUT2D eigenvalue weighted by atomic mass is 10.3. The van der Waals surface area contributed by atoms with E-state index in [0.717, 1.165) is 0 Å². The van der Waals surface area contributed by atoms with Crippen molar-refractivity contribution in [3.8, 4) is 0 Å². The molecule has 1 amide bonds. The van der Waals surface area contributed by atoms with Gasteiger partial charge in [-0.15, -0.1) is 0 Å². The second-order valence-electron chi connectivity index (χ2n) is 2.74. The predicted molar refractivity (Wildman–Crippen MR) is 54.9 cm³/mol. The third kappa shape index (κ3) is 2.92. The van der Waals surface area contributed by atoms with Crippen molar-refractivity contribution in [3.63, 3.8) is 0 Å². The normalized spacial score (nSPS) is 9.38. The van der Waals surface area contributed by atoms with Crippen molar-refractivity contribution in [1.82, 2.24) is 0 Å². The number of benzene rings is 1. The Labute approximate surface area is 82.2 Å². The van der Waals surface area contributed by atoms with Crippen LogP contribution in [0.25, 0.3) is 0 Å². The van der Waals surface area contributed by atoms with Crippen LogP contribution in [-0.2, 0) is 4.79 Å². The van der Waals surface area contributed by atoms with Gasteiger partial charge in [-0.3, -0.25) is 4.79 Å². The maximum Gasteiger partial charge on any atom is 0.250 e. The summed E-state index contributed by atoms with van der Waals surface area (Å²) >= 11 is 5.73. The Balaban J connectivity index is 2.75. The largest absolute Gasteiger partial charge is 0.322 e. The Hall–Kier alpha value is -1.28. The van der Waals surface area contributed by atoms with Gasteiger partial charge in [0.1, 0.15) is 0 Å². The van der Waals surface area contributed by atoms with E-state index in [1.807, 2.05) is 0 Å². The first-order valence-electron chi connectivity index (χ1n) is 3.82. The first-order chi connectivity index (χ1) is 6.09. The summed E-state index contributed by atoms with van der Waals surface area (Å²) in [6.07, 6.45) is 0. The molecule has 0 unspecified atom stereocenters. The van der Waals surface area contributed by atoms with Crippen LogP contribution in [0.5, 0.6) is 0 Å². The SMILES string of the molecule is C=C(C)C(=O)Nc1cccc(Cl)c1. The van der Waals surface area contributed by atoms with E-state index < -0.39 is 0 Å². The predicted octanol–water partition coefficient (Wildman–Crippen LogP) is 2.85. The lowest BCUT2D eigenvalue weighted by Crippen LogP contribution is -2.11. The van der Waals surface area contributed by atoms with Gasteiger partial charge in [-0.25, -0.2) is 0 Å². The Morgan fingerprint density at radius 3 is 2.77 bits per heavy atom. The third-order valence-corrected chi connectivity index (χ3v) is 1.71. The molecule has 0 aliphatic carbocycles. The van der Waals surface area contributed by atoms with Crippen molar-refractivity contribution >= 4 is 23.2 Å². The van der Waals surface area contributed by atoms with Gasteiger partial charge in [0.25, 0.3) is 5.91 Å². The van der Waals surface area contributed by atoms with Crippen LogP contribution in [0, 0.1) is 0 Å². The van der Waals surface area contributed by atoms with E-state index in [4.69, 9.17) is 11.6 Å². The Morgan fingerprint density at radius 1 is 1.54 bits per heavy atom. The lowest BCUT2D eigenvalue weighted by molar-refractivity contribution is -0.112. The standard InChI is InChI=1S/C10H10ClNO/c1-7(2)10(13)12-9-5-3-4-8(11)6-9/h3-6H,1H2,2H3,(H,12,13). The second-order valence-corrected chi connectivity index (χ2v) is 3.18. The number of nitrogens with one attached hydrogen (secondary N) is 1. The summed E-state index contributed by atoms with van der Waals surface area (Å²) in [5.74, 6) is -0.192. The fourth-order valence-electron chi connectivity index (χ4n) is 0.804. The van der Waals surface area contributed by atoms with E-state index in [1.165, 1.54) is 0 Å². The highest BCUT2D eigenvalue weighted by atomic mass is 35.5. The van der Waals surface area contributed by atoms with Crippen molar-refractivity contribution in [1.29, 1.82) is 0 Å². The molecular formula is C10H10ClNO. The molecule has 0 aliphatic rings. The number of amides is 1. The van der Waals surface area contributed by atoms with Gasteiger partial charge in [0.15, 0.2) is 0 Å². The zero-order valence-corrected chi connectivity index (χ0v) is 8.06. The molecule has 1 aromatic rings. The van der Waals surface area contributed by atoms with Crippen molar-refractivity contribution in [3.05, 3.63) is 41.4 Å². The van der Waals surface area contributed by atoms with Gasteiger partial charge in [0.2, 0.25) is 0 Å². The number of halogens is 1. The van der Waals surface area contributed by atoms with Crippen molar-refractivity contribution in [2.24, 2.45) is 0 Å². The Kier molecular flexibility index (Phi) is 3.09. The average Bonchev–Trinajstić information content (AvgIpc) is 2.04. The smallest absolute Gasteiger partial charge is 0.250 e. The molecule has 0 heterocycles. The zero-order valence-electron chi connectivity index (χ0n) is 7.30. The summed E-state index contributed by atoms with van der Waals surface area (Å²) in [7, 11) is 0. The van der Waals surface area contributed by atoms with E-state index in [9.17, 15) is 4.79 Å². The van der Waals surface area contributed by atoms with Crippen molar-refractivity contribution in [2.45, 2.75) is 6.92 Å². The summed E-state index contributed by atoms with van der Waals surface area (Å²) in [5, 5.41) is 3.26. The molecule has 1 N–H and O–H groups in total. The van der Waals surface area contributed by atoms with Gasteiger partial charge < -0.3 is 5.32 Å². The molecule has 0 fully saturated rings. The molecule has 13 heavy (non-hydrogen) atoms. The highest BCUT2D eigenvalue weighted by Gasteiger charge is 2.01. The summed E-state index contributed by atoms with van der Waals surface area (Å²) in [5.41, 5.74) is 1.15. The number of carbonyl (C=O) groups is 1. The molecule has 0 spiro atoms. The molecule has 0 radical (unpaired) electrons. The quantitative estimate of drug-likeness (QED) is 0.723. The van der Waals surface area contributed by atoms with Crippen LogP contribution >= 0.6 is 11.6 Å². The van der Waals surface area contributed by atoms with Gasteiger partial charge in [0, 0.05) is 16.3 Å². The molecule has 0 atom stereocenters. The van der Waals surface area contributed by atoms with Crippen LogP contribution in [-0.4, -0.2) is 5.91 Å². The fraction of sp³-hybridized carbons (Fsp3) is 0.100. The minimum atomic E-state index is -0.192. The average molecular weight is 196 g/mol. The van der Waals surface area contributed by atoms with Crippen LogP contribution in [0.2, 0.25) is 5.02 Å². The maximum atomic E-state index is 11.2. The molecular weight excluding hydrogens is 186 g/mol. The Bertz CT molecular complexity index is 347. The van der Waals surface area contributed by atoms with Gasteiger partial charge in [-0.05, 0) is 25.1 Å². The molecule has 0 saturated carbocycles. The number of rotatable bonds is 2. The Morgan fingerprint density at radius 2 is 2.23 bits per heavy atom. The molecule has 0 aromatic heterocycles. The summed E-state index contributed by atoms with van der Waals surface area (Å²) < 4.78 is 0. The number of carbonyl (C=O) groups excluding carboxylic acids is 1. The van der Waals surface area contributed by atoms with Crippen LogP contribution in [0.3, 0.4) is 0 Å². The zero-order chi connectivity index (χ0) is 9.84. The third-order valence-electron chi connectivity index (χ3n) is 1.47. The van der Waals surface area contributed by atoms with E-state index >= 15 is 0 Å². The topological polar surface area (TPSA) is 29.1 Å².